The number of carbonyl (C=O) groups is 1. The van der Waals surface area contributed by atoms with Gasteiger partial charge in [0, 0.05) is 16.7 Å². The van der Waals surface area contributed by atoms with E-state index >= 15 is 0 Å². The second kappa shape index (κ2) is 5.85. The second-order valence-electron chi connectivity index (χ2n) is 3.58. The number of carboxylic acids is 1. The van der Waals surface area contributed by atoms with Gasteiger partial charge in [-0.2, -0.15) is 0 Å². The number of rotatable bonds is 5. The minimum atomic E-state index is -0.952. The molecule has 2 rings (SSSR count). The molecular weight excluding hydrogens is 286 g/mol. The van der Waals surface area contributed by atoms with E-state index in [9.17, 15) is 14.9 Å². The zero-order chi connectivity index (χ0) is 13.8. The van der Waals surface area contributed by atoms with Gasteiger partial charge in [0.05, 0.1) is 9.82 Å². The molecule has 0 radical (unpaired) electrons. The molecule has 0 aliphatic heterocycles. The number of thiophene rings is 1. The maximum Gasteiger partial charge on any atom is 0.345 e. The third-order valence-electron chi connectivity index (χ3n) is 2.30. The predicted molar refractivity (Wildman–Crippen MR) is 73.9 cm³/mol. The van der Waals surface area contributed by atoms with E-state index in [-0.39, 0.29) is 10.6 Å². The Morgan fingerprint density at radius 3 is 2.68 bits per heavy atom. The lowest BCUT2D eigenvalue weighted by Gasteiger charge is -2.00. The van der Waals surface area contributed by atoms with E-state index in [2.05, 4.69) is 0 Å². The van der Waals surface area contributed by atoms with Crippen LogP contribution in [0.15, 0.2) is 41.3 Å². The molecule has 0 spiro atoms. The molecule has 2 aromatic rings. The molecule has 5 nitrogen and oxygen atoms in total. The highest BCUT2D eigenvalue weighted by molar-refractivity contribution is 7.98. The fraction of sp³-hybridized carbons (Fsp3) is 0.0833. The molecule has 98 valence electrons. The van der Waals surface area contributed by atoms with Gasteiger partial charge in [-0.25, -0.2) is 4.79 Å². The van der Waals surface area contributed by atoms with Crippen molar-refractivity contribution < 1.29 is 14.8 Å². The van der Waals surface area contributed by atoms with Gasteiger partial charge in [0.2, 0.25) is 0 Å². The third-order valence-corrected chi connectivity index (χ3v) is 4.67. The van der Waals surface area contributed by atoms with Crippen LogP contribution < -0.4 is 0 Å². The van der Waals surface area contributed by atoms with Crippen LogP contribution in [0.3, 0.4) is 0 Å². The van der Waals surface area contributed by atoms with E-state index < -0.39 is 10.9 Å². The quantitative estimate of drug-likeness (QED) is 0.517. The average molecular weight is 295 g/mol. The lowest BCUT2D eigenvalue weighted by atomic mass is 10.3. The number of nitro groups is 1. The Morgan fingerprint density at radius 2 is 2.05 bits per heavy atom. The van der Waals surface area contributed by atoms with Crippen molar-refractivity contribution in [3.63, 3.8) is 0 Å². The minimum absolute atomic E-state index is 0.0718. The summed E-state index contributed by atoms with van der Waals surface area (Å²) in [6.45, 7) is 0. The van der Waals surface area contributed by atoms with Crippen LogP contribution in [0.2, 0.25) is 0 Å². The van der Waals surface area contributed by atoms with Crippen LogP contribution in [0.5, 0.6) is 0 Å². The number of carboxylic acid groups (broad SMARTS) is 1. The van der Waals surface area contributed by atoms with Crippen molar-refractivity contribution in [2.75, 3.05) is 0 Å². The van der Waals surface area contributed by atoms with Crippen LogP contribution in [0.25, 0.3) is 0 Å². The Morgan fingerprint density at radius 1 is 1.32 bits per heavy atom. The van der Waals surface area contributed by atoms with Crippen molar-refractivity contribution in [3.8, 4) is 0 Å². The van der Waals surface area contributed by atoms with Gasteiger partial charge >= 0.3 is 5.97 Å². The molecule has 7 heteroatoms. The molecule has 0 saturated carbocycles. The minimum Gasteiger partial charge on any atom is -0.477 e. The molecule has 0 unspecified atom stereocenters. The Balaban J connectivity index is 2.10. The van der Waals surface area contributed by atoms with Gasteiger partial charge in [-0.15, -0.1) is 23.1 Å². The molecule has 0 atom stereocenters. The van der Waals surface area contributed by atoms with E-state index in [0.29, 0.717) is 10.6 Å². The fourth-order valence-electron chi connectivity index (χ4n) is 1.45. The first-order valence-corrected chi connectivity index (χ1v) is 7.06. The maximum absolute atomic E-state index is 10.8. The number of para-hydroxylation sites is 1. The molecule has 0 aliphatic carbocycles. The van der Waals surface area contributed by atoms with Crippen LogP contribution in [-0.4, -0.2) is 16.0 Å². The summed E-state index contributed by atoms with van der Waals surface area (Å²) in [5.41, 5.74) is 0.0718. The Bertz CT molecular complexity index is 624. The summed E-state index contributed by atoms with van der Waals surface area (Å²) in [6, 6.07) is 9.79. The highest BCUT2D eigenvalue weighted by Crippen LogP contribution is 2.32. The second-order valence-corrected chi connectivity index (χ2v) is 5.77. The molecule has 0 bridgehead atoms. The van der Waals surface area contributed by atoms with Crippen molar-refractivity contribution in [1.29, 1.82) is 0 Å². The summed E-state index contributed by atoms with van der Waals surface area (Å²) < 4.78 is 0. The highest BCUT2D eigenvalue weighted by Gasteiger charge is 2.13. The van der Waals surface area contributed by atoms with E-state index in [1.165, 1.54) is 29.2 Å². The smallest absolute Gasteiger partial charge is 0.345 e. The number of nitrogens with zero attached hydrogens (tertiary/aromatic N) is 1. The molecule has 0 aliphatic rings. The van der Waals surface area contributed by atoms with E-state index in [1.807, 2.05) is 0 Å². The summed E-state index contributed by atoms with van der Waals surface area (Å²) in [4.78, 5) is 22.9. The SMILES string of the molecule is O=C(O)c1ccc(CSc2ccccc2[N+](=O)[O-])s1. The number of aromatic carboxylic acids is 1. The molecule has 1 aromatic heterocycles. The summed E-state index contributed by atoms with van der Waals surface area (Å²) in [6.07, 6.45) is 0. The normalized spacial score (nSPS) is 10.3. The summed E-state index contributed by atoms with van der Waals surface area (Å²) in [5.74, 6) is -0.435. The molecule has 0 amide bonds. The molecule has 1 N–H and O–H groups in total. The first kappa shape index (κ1) is 13.6. The van der Waals surface area contributed by atoms with E-state index in [4.69, 9.17) is 5.11 Å². The number of hydrogen-bond acceptors (Lipinski definition) is 5. The first-order valence-electron chi connectivity index (χ1n) is 5.26. The van der Waals surface area contributed by atoms with Crippen LogP contribution in [0.4, 0.5) is 5.69 Å². The zero-order valence-electron chi connectivity index (χ0n) is 9.61. The van der Waals surface area contributed by atoms with Gasteiger partial charge in [-0.3, -0.25) is 10.1 Å². The van der Waals surface area contributed by atoms with Crippen LogP contribution in [-0.2, 0) is 5.75 Å². The maximum atomic E-state index is 10.8. The van der Waals surface area contributed by atoms with Gasteiger partial charge < -0.3 is 5.11 Å². The molecular formula is C12H9NO4S2. The Kier molecular flexibility index (Phi) is 4.18. The van der Waals surface area contributed by atoms with E-state index in [1.54, 1.807) is 30.3 Å². The molecule has 1 heterocycles. The predicted octanol–water partition coefficient (Wildman–Crippen LogP) is 3.65. The summed E-state index contributed by atoms with van der Waals surface area (Å²) in [5, 5.41) is 19.7. The third kappa shape index (κ3) is 3.33. The highest BCUT2D eigenvalue weighted by atomic mass is 32.2. The van der Waals surface area contributed by atoms with E-state index in [0.717, 1.165) is 4.88 Å². The monoisotopic (exact) mass is 295 g/mol. The van der Waals surface area contributed by atoms with Crippen molar-refractivity contribution in [3.05, 3.63) is 56.3 Å². The van der Waals surface area contributed by atoms with Gasteiger partial charge in [-0.1, -0.05) is 12.1 Å². The lowest BCUT2D eigenvalue weighted by molar-refractivity contribution is -0.387. The van der Waals surface area contributed by atoms with Gasteiger partial charge in [0.25, 0.3) is 5.69 Å². The van der Waals surface area contributed by atoms with Crippen molar-refractivity contribution in [2.45, 2.75) is 10.6 Å². The summed E-state index contributed by atoms with van der Waals surface area (Å²) in [7, 11) is 0. The van der Waals surface area contributed by atoms with Crippen molar-refractivity contribution in [2.24, 2.45) is 0 Å². The standard InChI is InChI=1S/C12H9NO4S2/c14-12(15)11-6-5-8(19-11)7-18-10-4-2-1-3-9(10)13(16)17/h1-6H,7H2,(H,14,15). The van der Waals surface area contributed by atoms with Crippen LogP contribution >= 0.6 is 23.1 Å². The molecule has 19 heavy (non-hydrogen) atoms. The van der Waals surface area contributed by atoms with Gasteiger partial charge in [0.15, 0.2) is 0 Å². The van der Waals surface area contributed by atoms with Gasteiger partial charge in [-0.05, 0) is 18.2 Å². The Hall–Kier alpha value is -1.86. The molecule has 1 aromatic carbocycles. The largest absolute Gasteiger partial charge is 0.477 e. The average Bonchev–Trinajstić information content (AvgIpc) is 2.85. The number of benzene rings is 1. The number of thioether (sulfide) groups is 1. The molecule has 0 saturated heterocycles. The number of hydrogen-bond donors (Lipinski definition) is 1. The van der Waals surface area contributed by atoms with Crippen molar-refractivity contribution >= 4 is 34.8 Å². The van der Waals surface area contributed by atoms with Crippen LogP contribution in [0, 0.1) is 10.1 Å². The van der Waals surface area contributed by atoms with Gasteiger partial charge in [0.1, 0.15) is 4.88 Å². The van der Waals surface area contributed by atoms with Crippen LogP contribution in [0.1, 0.15) is 14.5 Å². The number of nitro benzene ring substituents is 1. The first-order chi connectivity index (χ1) is 9.08. The topological polar surface area (TPSA) is 80.4 Å². The fourth-order valence-corrected chi connectivity index (χ4v) is 3.36. The van der Waals surface area contributed by atoms with Crippen molar-refractivity contribution in [1.82, 2.24) is 0 Å². The zero-order valence-corrected chi connectivity index (χ0v) is 11.2. The molecule has 0 fully saturated rings. The Labute approximate surface area is 117 Å². The summed E-state index contributed by atoms with van der Waals surface area (Å²) >= 11 is 2.51. The lowest BCUT2D eigenvalue weighted by Crippen LogP contribution is -1.90.